The van der Waals surface area contributed by atoms with Gasteiger partial charge in [0.1, 0.15) is 67.1 Å². The molecular weight excluding hydrogens is 504 g/mol. The molecule has 0 bridgehead atoms. The highest BCUT2D eigenvalue weighted by Crippen LogP contribution is 2.28. The van der Waals surface area contributed by atoms with E-state index in [9.17, 15) is 40.5 Å². The zero-order chi connectivity index (χ0) is 27.9. The number of aliphatic hydroxyl groups excluding tert-OH is 13. The van der Waals surface area contributed by atoms with Crippen molar-refractivity contribution in [1.29, 1.82) is 0 Å². The van der Waals surface area contributed by atoms with Crippen LogP contribution in [-0.4, -0.2) is 183 Å². The van der Waals surface area contributed by atoms with Gasteiger partial charge in [0.2, 0.25) is 0 Å². The van der Waals surface area contributed by atoms with Gasteiger partial charge in [-0.3, -0.25) is 0 Å². The molecule has 0 aromatic rings. The number of carboxylic acids is 1. The minimum absolute atomic E-state index is 0.667. The third kappa shape index (κ3) is 7.91. The van der Waals surface area contributed by atoms with Crippen molar-refractivity contribution >= 4 is 5.97 Å². The molecule has 4 unspecified atom stereocenters. The molecule has 14 N–H and O–H groups in total. The predicted molar refractivity (Wildman–Crippen MR) is 107 cm³/mol. The van der Waals surface area contributed by atoms with Gasteiger partial charge in [-0.25, -0.2) is 4.79 Å². The summed E-state index contributed by atoms with van der Waals surface area (Å²) in [7, 11) is 0. The summed E-state index contributed by atoms with van der Waals surface area (Å²) in [5.41, 5.74) is 0. The number of carboxylic acid groups (broad SMARTS) is 1. The van der Waals surface area contributed by atoms with E-state index in [1.807, 2.05) is 0 Å². The zero-order valence-corrected chi connectivity index (χ0v) is 18.6. The lowest BCUT2D eigenvalue weighted by Gasteiger charge is -2.45. The second-order valence-corrected chi connectivity index (χ2v) is 8.04. The average Bonchev–Trinajstić information content (AvgIpc) is 2.87. The quantitative estimate of drug-likeness (QED) is 0.129. The first kappa shape index (κ1) is 32.9. The Kier molecular flexibility index (Phi) is 13.4. The molecular formula is C18H34O18. The van der Waals surface area contributed by atoms with E-state index in [2.05, 4.69) is 0 Å². The summed E-state index contributed by atoms with van der Waals surface area (Å²) in [5.74, 6) is -1.73. The average molecular weight is 538 g/mol. The summed E-state index contributed by atoms with van der Waals surface area (Å²) in [5, 5.41) is 128. The van der Waals surface area contributed by atoms with Gasteiger partial charge in [-0.2, -0.15) is 0 Å². The molecule has 18 nitrogen and oxygen atoms in total. The van der Waals surface area contributed by atoms with Crippen LogP contribution in [0.1, 0.15) is 0 Å². The molecule has 0 amide bonds. The summed E-state index contributed by atoms with van der Waals surface area (Å²) in [4.78, 5) is 10.1. The summed E-state index contributed by atoms with van der Waals surface area (Å²) in [6.45, 7) is -2.19. The van der Waals surface area contributed by atoms with Crippen LogP contribution in [0.15, 0.2) is 0 Å². The van der Waals surface area contributed by atoms with Gasteiger partial charge in [0, 0.05) is 0 Å². The molecule has 2 fully saturated rings. The van der Waals surface area contributed by atoms with Gasteiger partial charge >= 0.3 is 5.97 Å². The van der Waals surface area contributed by atoms with Crippen molar-refractivity contribution in [2.45, 2.75) is 85.8 Å². The fourth-order valence-corrected chi connectivity index (χ4v) is 3.24. The van der Waals surface area contributed by atoms with Crippen LogP contribution < -0.4 is 0 Å². The molecule has 0 aliphatic carbocycles. The number of aliphatic hydroxyl groups is 13. The molecule has 2 heterocycles. The normalized spacial score (nSPS) is 40.4. The van der Waals surface area contributed by atoms with Crippen molar-refractivity contribution < 1.29 is 90.5 Å². The first-order valence-electron chi connectivity index (χ1n) is 10.6. The van der Waals surface area contributed by atoms with Gasteiger partial charge in [0.05, 0.1) is 19.8 Å². The fraction of sp³-hybridized carbons (Fsp3) is 0.944. The Hall–Kier alpha value is -1.17. The first-order chi connectivity index (χ1) is 16.7. The monoisotopic (exact) mass is 538 g/mol. The maximum absolute atomic E-state index is 10.1. The van der Waals surface area contributed by atoms with Crippen molar-refractivity contribution in [2.24, 2.45) is 0 Å². The number of aliphatic carboxylic acids is 1. The summed E-state index contributed by atoms with van der Waals surface area (Å²) in [6.07, 6.45) is -23.4. The third-order valence-electron chi connectivity index (χ3n) is 5.49. The molecule has 14 atom stereocenters. The lowest BCUT2D eigenvalue weighted by molar-refractivity contribution is -0.355. The number of hydrogen-bond acceptors (Lipinski definition) is 17. The summed E-state index contributed by atoms with van der Waals surface area (Å²) >= 11 is 0. The highest BCUT2D eigenvalue weighted by atomic mass is 16.7. The predicted octanol–water partition coefficient (Wildman–Crippen LogP) is -8.89. The SMILES string of the molecule is O=C(O)C(O)C(O)C(O)C(O)CO.OC[C@H]1O[C@@H](O[C@H]2[C@H](O)[C@@H](O)[C@H](O)O[C@@H]2CO)[C@H](O)[C@@H](O)[C@H]1O. The molecule has 2 rings (SSSR count). The third-order valence-corrected chi connectivity index (χ3v) is 5.49. The van der Waals surface area contributed by atoms with Crippen molar-refractivity contribution in [1.82, 2.24) is 0 Å². The van der Waals surface area contributed by atoms with Crippen molar-refractivity contribution in [3.8, 4) is 0 Å². The Balaban J connectivity index is 0.000000426. The lowest BCUT2D eigenvalue weighted by Crippen LogP contribution is -2.64. The molecule has 0 aromatic heterocycles. The molecule has 0 aromatic carbocycles. The molecule has 18 heteroatoms. The Morgan fingerprint density at radius 2 is 1.28 bits per heavy atom. The molecule has 2 aliphatic rings. The maximum Gasteiger partial charge on any atom is 0.335 e. The van der Waals surface area contributed by atoms with E-state index >= 15 is 0 Å². The topological polar surface area (TPSA) is 328 Å². The molecule has 0 saturated carbocycles. The lowest BCUT2D eigenvalue weighted by atomic mass is 9.97. The van der Waals surface area contributed by atoms with Crippen LogP contribution in [0.4, 0.5) is 0 Å². The van der Waals surface area contributed by atoms with Crippen LogP contribution in [0.5, 0.6) is 0 Å². The van der Waals surface area contributed by atoms with E-state index in [-0.39, 0.29) is 0 Å². The van der Waals surface area contributed by atoms with Crippen molar-refractivity contribution in [3.63, 3.8) is 0 Å². The highest BCUT2D eigenvalue weighted by Gasteiger charge is 2.50. The van der Waals surface area contributed by atoms with Crippen LogP contribution in [0.3, 0.4) is 0 Å². The molecule has 2 aliphatic heterocycles. The van der Waals surface area contributed by atoms with E-state index in [1.165, 1.54) is 0 Å². The maximum atomic E-state index is 10.1. The zero-order valence-electron chi connectivity index (χ0n) is 18.6. The largest absolute Gasteiger partial charge is 0.479 e. The van der Waals surface area contributed by atoms with Crippen molar-refractivity contribution in [2.75, 3.05) is 19.8 Å². The van der Waals surface area contributed by atoms with Gasteiger partial charge in [-0.15, -0.1) is 0 Å². The number of hydrogen-bond donors (Lipinski definition) is 14. The Morgan fingerprint density at radius 1 is 0.722 bits per heavy atom. The van der Waals surface area contributed by atoms with Crippen LogP contribution >= 0.6 is 0 Å². The van der Waals surface area contributed by atoms with E-state index in [4.69, 9.17) is 50.0 Å². The minimum Gasteiger partial charge on any atom is -0.479 e. The van der Waals surface area contributed by atoms with Crippen LogP contribution in [0.2, 0.25) is 0 Å². The standard InChI is InChI=1S/C12H22O11.C6H12O7/c13-1-3-5(15)6(16)9(19)12(22-3)23-10-4(2-14)21-11(20)8(18)7(10)17;7-1-2(8)3(9)4(10)5(11)6(12)13/h3-20H,1-2H2;2-5,7-11H,1H2,(H,12,13)/t3-,4-,5+,6+,7-,8-,9-,10-,11-,12+;/m1./s1. The second-order valence-electron chi connectivity index (χ2n) is 8.04. The Morgan fingerprint density at radius 3 is 1.75 bits per heavy atom. The van der Waals surface area contributed by atoms with Crippen LogP contribution in [-0.2, 0) is 19.0 Å². The van der Waals surface area contributed by atoms with Crippen LogP contribution in [0.25, 0.3) is 0 Å². The first-order valence-corrected chi connectivity index (χ1v) is 10.6. The van der Waals surface area contributed by atoms with Crippen LogP contribution in [0, 0.1) is 0 Å². The Bertz CT molecular complexity index is 650. The number of ether oxygens (including phenoxy) is 3. The smallest absolute Gasteiger partial charge is 0.335 e. The van der Waals surface area contributed by atoms with Gasteiger partial charge in [-0.05, 0) is 0 Å². The minimum atomic E-state index is -2.20. The van der Waals surface area contributed by atoms with Gasteiger partial charge < -0.3 is 85.7 Å². The molecule has 36 heavy (non-hydrogen) atoms. The summed E-state index contributed by atoms with van der Waals surface area (Å²) < 4.78 is 15.3. The fourth-order valence-electron chi connectivity index (χ4n) is 3.24. The van der Waals surface area contributed by atoms with E-state index in [0.717, 1.165) is 0 Å². The highest BCUT2D eigenvalue weighted by molar-refractivity contribution is 5.72. The van der Waals surface area contributed by atoms with E-state index in [1.54, 1.807) is 0 Å². The van der Waals surface area contributed by atoms with E-state index < -0.39 is 112 Å². The Labute approximate surface area is 203 Å². The number of carbonyl (C=O) groups is 1. The molecule has 214 valence electrons. The molecule has 0 radical (unpaired) electrons. The van der Waals surface area contributed by atoms with Gasteiger partial charge in [-0.1, -0.05) is 0 Å². The van der Waals surface area contributed by atoms with Gasteiger partial charge in [0.25, 0.3) is 0 Å². The van der Waals surface area contributed by atoms with Crippen molar-refractivity contribution in [3.05, 3.63) is 0 Å². The second kappa shape index (κ2) is 14.7. The molecule has 2 saturated heterocycles. The number of rotatable bonds is 9. The van der Waals surface area contributed by atoms with E-state index in [0.29, 0.717) is 0 Å². The summed E-state index contributed by atoms with van der Waals surface area (Å²) in [6, 6.07) is 0. The van der Waals surface area contributed by atoms with Gasteiger partial charge in [0.15, 0.2) is 18.7 Å². The molecule has 0 spiro atoms.